The molecule has 0 saturated carbocycles. The summed E-state index contributed by atoms with van der Waals surface area (Å²) in [7, 11) is 0. The van der Waals surface area contributed by atoms with E-state index in [1.807, 2.05) is 42.8 Å². The number of nitrogens with zero attached hydrogens (tertiary/aromatic N) is 6. The molecule has 0 atom stereocenters. The van der Waals surface area contributed by atoms with Gasteiger partial charge in [0.15, 0.2) is 5.82 Å². The van der Waals surface area contributed by atoms with Gasteiger partial charge in [-0.25, -0.2) is 14.3 Å². The predicted octanol–water partition coefficient (Wildman–Crippen LogP) is 4.20. The first kappa shape index (κ1) is 18.9. The molecular formula is C22H25N7. The molecule has 148 valence electrons. The molecule has 0 unspecified atom stereocenters. The molecule has 0 fully saturated rings. The van der Waals surface area contributed by atoms with Crippen LogP contribution in [0.2, 0.25) is 0 Å². The first-order valence-corrected chi connectivity index (χ1v) is 9.74. The van der Waals surface area contributed by atoms with Crippen molar-refractivity contribution in [2.24, 2.45) is 0 Å². The molecule has 7 heteroatoms. The highest BCUT2D eigenvalue weighted by molar-refractivity contribution is 5.39. The van der Waals surface area contributed by atoms with Gasteiger partial charge in [-0.2, -0.15) is 10.2 Å². The van der Waals surface area contributed by atoms with Crippen molar-refractivity contribution in [2.45, 2.75) is 40.2 Å². The summed E-state index contributed by atoms with van der Waals surface area (Å²) >= 11 is 0. The molecular weight excluding hydrogens is 362 g/mol. The highest BCUT2D eigenvalue weighted by Crippen LogP contribution is 2.21. The van der Waals surface area contributed by atoms with E-state index >= 15 is 0 Å². The number of para-hydroxylation sites is 1. The van der Waals surface area contributed by atoms with Gasteiger partial charge >= 0.3 is 0 Å². The quantitative estimate of drug-likeness (QED) is 0.537. The zero-order valence-corrected chi connectivity index (χ0v) is 17.2. The summed E-state index contributed by atoms with van der Waals surface area (Å²) in [4.78, 5) is 9.00. The van der Waals surface area contributed by atoms with Crippen molar-refractivity contribution in [2.75, 3.05) is 5.32 Å². The highest BCUT2D eigenvalue weighted by Gasteiger charge is 2.14. The number of rotatable bonds is 6. The Labute approximate surface area is 170 Å². The molecule has 1 aromatic carbocycles. The number of aromatic nitrogens is 6. The van der Waals surface area contributed by atoms with Crippen LogP contribution in [-0.4, -0.2) is 29.5 Å². The van der Waals surface area contributed by atoms with Gasteiger partial charge in [0.2, 0.25) is 0 Å². The van der Waals surface area contributed by atoms with Crippen molar-refractivity contribution in [3.63, 3.8) is 0 Å². The Bertz CT molecular complexity index is 1110. The zero-order chi connectivity index (χ0) is 20.4. The summed E-state index contributed by atoms with van der Waals surface area (Å²) in [6.45, 7) is 8.91. The Kier molecular flexibility index (Phi) is 5.12. The maximum atomic E-state index is 4.80. The average Bonchev–Trinajstić information content (AvgIpc) is 3.30. The van der Waals surface area contributed by atoms with Gasteiger partial charge in [-0.1, -0.05) is 32.0 Å². The van der Waals surface area contributed by atoms with Crippen LogP contribution >= 0.6 is 0 Å². The molecule has 0 radical (unpaired) electrons. The number of benzene rings is 1. The molecule has 0 aliphatic rings. The van der Waals surface area contributed by atoms with Gasteiger partial charge in [0.25, 0.3) is 0 Å². The lowest BCUT2D eigenvalue weighted by molar-refractivity contribution is 0.762. The molecule has 4 aromatic rings. The van der Waals surface area contributed by atoms with E-state index in [0.29, 0.717) is 24.1 Å². The lowest BCUT2D eigenvalue weighted by Crippen LogP contribution is -2.08. The maximum Gasteiger partial charge on any atom is 0.174 e. The monoisotopic (exact) mass is 387 g/mol. The molecule has 0 amide bonds. The molecule has 29 heavy (non-hydrogen) atoms. The molecule has 3 heterocycles. The van der Waals surface area contributed by atoms with Crippen LogP contribution in [0.4, 0.5) is 5.82 Å². The molecule has 1 N–H and O–H groups in total. The van der Waals surface area contributed by atoms with Crippen molar-refractivity contribution in [3.05, 3.63) is 77.6 Å². The van der Waals surface area contributed by atoms with E-state index in [0.717, 1.165) is 28.3 Å². The predicted molar refractivity (Wildman–Crippen MR) is 114 cm³/mol. The molecule has 0 bridgehead atoms. The van der Waals surface area contributed by atoms with Gasteiger partial charge < -0.3 is 5.32 Å². The molecule has 0 saturated heterocycles. The second kappa shape index (κ2) is 7.87. The summed E-state index contributed by atoms with van der Waals surface area (Å²) in [6, 6.07) is 12.2. The average molecular weight is 387 g/mol. The van der Waals surface area contributed by atoms with Crippen molar-refractivity contribution < 1.29 is 0 Å². The summed E-state index contributed by atoms with van der Waals surface area (Å²) in [5.74, 6) is 1.73. The lowest BCUT2D eigenvalue weighted by Gasteiger charge is -2.09. The minimum Gasteiger partial charge on any atom is -0.365 e. The van der Waals surface area contributed by atoms with E-state index in [9.17, 15) is 0 Å². The van der Waals surface area contributed by atoms with Crippen molar-refractivity contribution >= 4 is 5.82 Å². The topological polar surface area (TPSA) is 73.5 Å². The van der Waals surface area contributed by atoms with Gasteiger partial charge in [0.1, 0.15) is 5.82 Å². The summed E-state index contributed by atoms with van der Waals surface area (Å²) in [5, 5.41) is 12.7. The van der Waals surface area contributed by atoms with Crippen LogP contribution in [-0.2, 0) is 6.54 Å². The van der Waals surface area contributed by atoms with Gasteiger partial charge in [-0.15, -0.1) is 0 Å². The summed E-state index contributed by atoms with van der Waals surface area (Å²) in [6.07, 6.45) is 5.53. The molecule has 0 spiro atoms. The number of aryl methyl sites for hydroxylation is 2. The Morgan fingerprint density at radius 1 is 1.03 bits per heavy atom. The number of anilines is 1. The Morgan fingerprint density at radius 2 is 1.83 bits per heavy atom. The second-order valence-electron chi connectivity index (χ2n) is 7.43. The van der Waals surface area contributed by atoms with E-state index in [2.05, 4.69) is 52.6 Å². The van der Waals surface area contributed by atoms with Crippen molar-refractivity contribution in [1.29, 1.82) is 0 Å². The lowest BCUT2D eigenvalue weighted by atomic mass is 10.1. The van der Waals surface area contributed by atoms with Crippen molar-refractivity contribution in [1.82, 2.24) is 29.5 Å². The van der Waals surface area contributed by atoms with Gasteiger partial charge in [0, 0.05) is 24.0 Å². The molecule has 0 aliphatic carbocycles. The third kappa shape index (κ3) is 4.03. The second-order valence-corrected chi connectivity index (χ2v) is 7.43. The minimum absolute atomic E-state index is 0.323. The first-order chi connectivity index (χ1) is 14.0. The van der Waals surface area contributed by atoms with E-state index < -0.39 is 0 Å². The minimum atomic E-state index is 0.323. The number of nitrogens with one attached hydrogen (secondary N) is 1. The van der Waals surface area contributed by atoms with Crippen LogP contribution in [0.1, 0.15) is 42.4 Å². The van der Waals surface area contributed by atoms with E-state index in [1.165, 1.54) is 0 Å². The van der Waals surface area contributed by atoms with Crippen LogP contribution in [0.25, 0.3) is 11.5 Å². The fourth-order valence-corrected chi connectivity index (χ4v) is 3.35. The highest BCUT2D eigenvalue weighted by atomic mass is 15.3. The first-order valence-electron chi connectivity index (χ1n) is 9.74. The summed E-state index contributed by atoms with van der Waals surface area (Å²) < 4.78 is 3.74. The van der Waals surface area contributed by atoms with E-state index in [-0.39, 0.29) is 0 Å². The van der Waals surface area contributed by atoms with Gasteiger partial charge in [-0.05, 0) is 38.0 Å². The number of hydrogen-bond acceptors (Lipinski definition) is 5. The van der Waals surface area contributed by atoms with Gasteiger partial charge in [0.05, 0.1) is 29.5 Å². The largest absolute Gasteiger partial charge is 0.365 e. The normalized spacial score (nSPS) is 11.2. The standard InChI is InChI=1S/C22H25N7/c1-15(2)22-18(14-28(27-22)19-8-6-5-7-9-19)11-24-20-12-23-13-21(25-20)29-17(4)10-16(3)26-29/h5-10,12-15H,11H2,1-4H3,(H,24,25). The molecule has 4 rings (SSSR count). The fraction of sp³-hybridized carbons (Fsp3) is 0.273. The van der Waals surface area contributed by atoms with Crippen LogP contribution < -0.4 is 5.32 Å². The van der Waals surface area contributed by atoms with Crippen molar-refractivity contribution in [3.8, 4) is 11.5 Å². The molecule has 7 nitrogen and oxygen atoms in total. The number of hydrogen-bond donors (Lipinski definition) is 1. The Balaban J connectivity index is 1.57. The third-order valence-electron chi connectivity index (χ3n) is 4.70. The summed E-state index contributed by atoms with van der Waals surface area (Å²) in [5.41, 5.74) is 5.25. The van der Waals surface area contributed by atoms with Crippen LogP contribution in [0, 0.1) is 13.8 Å². The van der Waals surface area contributed by atoms with Crippen LogP contribution in [0.3, 0.4) is 0 Å². The van der Waals surface area contributed by atoms with E-state index in [1.54, 1.807) is 17.1 Å². The fourth-order valence-electron chi connectivity index (χ4n) is 3.35. The van der Waals surface area contributed by atoms with Crippen LogP contribution in [0.15, 0.2) is 55.0 Å². The van der Waals surface area contributed by atoms with Gasteiger partial charge in [-0.3, -0.25) is 4.98 Å². The third-order valence-corrected chi connectivity index (χ3v) is 4.70. The van der Waals surface area contributed by atoms with Crippen LogP contribution in [0.5, 0.6) is 0 Å². The smallest absolute Gasteiger partial charge is 0.174 e. The SMILES string of the molecule is Cc1cc(C)n(-c2cncc(NCc3cn(-c4ccccc4)nc3C(C)C)n2)n1. The molecule has 3 aromatic heterocycles. The molecule has 0 aliphatic heterocycles. The Hall–Kier alpha value is -3.48. The Morgan fingerprint density at radius 3 is 2.52 bits per heavy atom. The zero-order valence-electron chi connectivity index (χ0n) is 17.2. The van der Waals surface area contributed by atoms with E-state index in [4.69, 9.17) is 5.10 Å². The maximum absolute atomic E-state index is 4.80.